The molecule has 1 aromatic carbocycles. The van der Waals surface area contributed by atoms with Gasteiger partial charge in [-0.05, 0) is 17.7 Å². The molecular formula is C28H35BrN2O15. The number of carbonyl (C=O) groups excluding carboxylic acids is 7. The van der Waals surface area contributed by atoms with Crippen LogP contribution in [0.5, 0.6) is 5.75 Å². The van der Waals surface area contributed by atoms with Crippen molar-refractivity contribution >= 4 is 57.8 Å². The molecular weight excluding hydrogens is 684 g/mol. The molecule has 1 aliphatic rings. The van der Waals surface area contributed by atoms with Crippen molar-refractivity contribution in [3.05, 3.63) is 29.8 Å². The van der Waals surface area contributed by atoms with Crippen molar-refractivity contribution in [2.45, 2.75) is 82.2 Å². The van der Waals surface area contributed by atoms with Crippen LogP contribution in [0.25, 0.3) is 0 Å². The lowest BCUT2D eigenvalue weighted by molar-refractivity contribution is -0.283. The predicted octanol–water partition coefficient (Wildman–Crippen LogP) is 0.162. The number of methoxy groups -OCH3 is 1. The Morgan fingerprint density at radius 3 is 1.98 bits per heavy atom. The Bertz CT molecular complexity index is 1310. The van der Waals surface area contributed by atoms with Crippen LogP contribution in [0, 0.1) is 0 Å². The number of alkyl halides is 1. The predicted molar refractivity (Wildman–Crippen MR) is 155 cm³/mol. The van der Waals surface area contributed by atoms with Crippen molar-refractivity contribution < 1.29 is 71.8 Å². The third kappa shape index (κ3) is 10.7. The normalized spacial score (nSPS) is 23.4. The van der Waals surface area contributed by atoms with E-state index in [1.165, 1.54) is 31.2 Å². The number of alkyl carbamates (subject to hydrolysis) is 1. The third-order valence-corrected chi connectivity index (χ3v) is 7.38. The van der Waals surface area contributed by atoms with E-state index in [4.69, 9.17) is 33.2 Å². The standard InChI is InChI=1S/C28H35BrN2O15/c1-13(32)30-21-22(31-27(38)42-11-18-7-9-19(10-8-18)43-15(3)34)25(29)28(39,26(37)40-6)46-24(21)23(45-17(5)36)20(44-16(4)35)12-41-14(2)33/h7-10,20-25,39H,11-12H2,1-6H3,(H,30,32)(H,31,38)/t20-,21-,22-,23-,24-,25+,28+/m1/s1. The summed E-state index contributed by atoms with van der Waals surface area (Å²) in [7, 11) is 0.938. The van der Waals surface area contributed by atoms with Gasteiger partial charge in [0.25, 0.3) is 5.79 Å². The van der Waals surface area contributed by atoms with E-state index in [1.54, 1.807) is 0 Å². The molecule has 3 N–H and O–H groups in total. The number of aliphatic hydroxyl groups is 1. The molecule has 0 spiro atoms. The van der Waals surface area contributed by atoms with Gasteiger partial charge in [-0.15, -0.1) is 0 Å². The van der Waals surface area contributed by atoms with E-state index in [9.17, 15) is 38.7 Å². The minimum Gasteiger partial charge on any atom is -0.465 e. The molecule has 18 heteroatoms. The van der Waals surface area contributed by atoms with E-state index >= 15 is 0 Å². The van der Waals surface area contributed by atoms with Crippen LogP contribution in [0.3, 0.4) is 0 Å². The molecule has 254 valence electrons. The smallest absolute Gasteiger partial charge is 0.407 e. The van der Waals surface area contributed by atoms with Crippen molar-refractivity contribution in [1.29, 1.82) is 0 Å². The number of amides is 2. The van der Waals surface area contributed by atoms with Crippen LogP contribution >= 0.6 is 15.9 Å². The number of carbonyl (C=O) groups is 7. The van der Waals surface area contributed by atoms with Gasteiger partial charge in [-0.3, -0.25) is 24.0 Å². The van der Waals surface area contributed by atoms with Crippen LogP contribution < -0.4 is 15.4 Å². The fourth-order valence-electron chi connectivity index (χ4n) is 4.42. The van der Waals surface area contributed by atoms with Crippen LogP contribution in [0.4, 0.5) is 4.79 Å². The first-order valence-corrected chi connectivity index (χ1v) is 14.5. The maximum atomic E-state index is 13.0. The van der Waals surface area contributed by atoms with E-state index < -0.39 is 89.5 Å². The highest BCUT2D eigenvalue weighted by atomic mass is 79.9. The van der Waals surface area contributed by atoms with Crippen LogP contribution in [-0.2, 0) is 63.8 Å². The average Bonchev–Trinajstić information content (AvgIpc) is 2.96. The Kier molecular flexibility index (Phi) is 13.9. The molecule has 2 amide bonds. The summed E-state index contributed by atoms with van der Waals surface area (Å²) in [5, 5.41) is 16.4. The number of hydrogen-bond donors (Lipinski definition) is 3. The topological polar surface area (TPSA) is 228 Å². The monoisotopic (exact) mass is 718 g/mol. The molecule has 1 aromatic rings. The molecule has 0 aromatic heterocycles. The molecule has 7 atom stereocenters. The summed E-state index contributed by atoms with van der Waals surface area (Å²) in [6, 6.07) is 3.09. The van der Waals surface area contributed by atoms with Gasteiger partial charge in [0.2, 0.25) is 5.91 Å². The minimum absolute atomic E-state index is 0.263. The highest BCUT2D eigenvalue weighted by Crippen LogP contribution is 2.37. The zero-order valence-electron chi connectivity index (χ0n) is 25.7. The van der Waals surface area contributed by atoms with Crippen LogP contribution in [0.2, 0.25) is 0 Å². The molecule has 0 unspecified atom stereocenters. The number of ether oxygens (including phenoxy) is 7. The molecule has 17 nitrogen and oxygen atoms in total. The molecule has 46 heavy (non-hydrogen) atoms. The average molecular weight is 719 g/mol. The second kappa shape index (κ2) is 16.9. The van der Waals surface area contributed by atoms with E-state index in [2.05, 4.69) is 26.6 Å². The number of nitrogens with one attached hydrogen (secondary N) is 2. The summed E-state index contributed by atoms with van der Waals surface area (Å²) in [4.78, 5) is 83.7. The fraction of sp³-hybridized carbons (Fsp3) is 0.536. The van der Waals surface area contributed by atoms with Crippen LogP contribution in [-0.4, -0.2) is 102 Å². The number of hydrogen-bond acceptors (Lipinski definition) is 15. The van der Waals surface area contributed by atoms with Crippen molar-refractivity contribution in [3.8, 4) is 5.75 Å². The second-order valence-electron chi connectivity index (χ2n) is 9.91. The Balaban J connectivity index is 2.53. The molecule has 1 fully saturated rings. The lowest BCUT2D eigenvalue weighted by Gasteiger charge is -2.50. The molecule has 0 bridgehead atoms. The van der Waals surface area contributed by atoms with Gasteiger partial charge >= 0.3 is 35.9 Å². The Morgan fingerprint density at radius 1 is 0.870 bits per heavy atom. The van der Waals surface area contributed by atoms with Crippen LogP contribution in [0.1, 0.15) is 40.2 Å². The summed E-state index contributed by atoms with van der Waals surface area (Å²) in [5.41, 5.74) is 0.486. The van der Waals surface area contributed by atoms with E-state index in [1.807, 2.05) is 0 Å². The molecule has 0 saturated carbocycles. The number of rotatable bonds is 12. The number of esters is 5. The van der Waals surface area contributed by atoms with Gasteiger partial charge in [0.15, 0.2) is 12.2 Å². The van der Waals surface area contributed by atoms with E-state index in [-0.39, 0.29) is 12.4 Å². The van der Waals surface area contributed by atoms with Gasteiger partial charge in [0.1, 0.15) is 29.9 Å². The summed E-state index contributed by atoms with van der Waals surface area (Å²) >= 11 is 3.15. The SMILES string of the molecule is COC(=O)[C@@]1(O)O[C@@H]([C@H](OC(C)=O)[C@@H](COC(C)=O)OC(C)=O)[C@H](NC(C)=O)[C@@H](NC(=O)OCc2ccc(OC(C)=O)cc2)[C@@H]1Br. The summed E-state index contributed by atoms with van der Waals surface area (Å²) in [6.45, 7) is 4.45. The van der Waals surface area contributed by atoms with Gasteiger partial charge in [0, 0.05) is 34.6 Å². The van der Waals surface area contributed by atoms with Gasteiger partial charge in [-0.25, -0.2) is 9.59 Å². The van der Waals surface area contributed by atoms with Gasteiger partial charge < -0.3 is 48.9 Å². The molecule has 0 radical (unpaired) electrons. The van der Waals surface area contributed by atoms with Gasteiger partial charge in [0.05, 0.1) is 19.2 Å². The van der Waals surface area contributed by atoms with E-state index in [0.29, 0.717) is 5.56 Å². The van der Waals surface area contributed by atoms with Gasteiger partial charge in [-0.2, -0.15) is 0 Å². The lowest BCUT2D eigenvalue weighted by Crippen LogP contribution is -2.75. The molecule has 2 rings (SSSR count). The first kappa shape index (κ1) is 37.9. The zero-order chi connectivity index (χ0) is 34.8. The van der Waals surface area contributed by atoms with Crippen molar-refractivity contribution in [1.82, 2.24) is 10.6 Å². The van der Waals surface area contributed by atoms with E-state index in [0.717, 1.165) is 34.8 Å². The highest BCUT2D eigenvalue weighted by Gasteiger charge is 2.62. The summed E-state index contributed by atoms with van der Waals surface area (Å²) < 4.78 is 36.3. The Morgan fingerprint density at radius 2 is 1.48 bits per heavy atom. The largest absolute Gasteiger partial charge is 0.465 e. The summed E-state index contributed by atoms with van der Waals surface area (Å²) in [6.07, 6.45) is -6.22. The quantitative estimate of drug-likeness (QED) is 0.113. The number of halogens is 1. The lowest BCUT2D eigenvalue weighted by atomic mass is 9.86. The maximum Gasteiger partial charge on any atom is 0.407 e. The Labute approximate surface area is 271 Å². The first-order chi connectivity index (χ1) is 21.5. The summed E-state index contributed by atoms with van der Waals surface area (Å²) in [5.74, 6) is -7.89. The Hall–Kier alpha value is -4.29. The third-order valence-electron chi connectivity index (χ3n) is 6.19. The number of benzene rings is 1. The molecule has 1 heterocycles. The van der Waals surface area contributed by atoms with Crippen LogP contribution in [0.15, 0.2) is 24.3 Å². The first-order valence-electron chi connectivity index (χ1n) is 13.6. The van der Waals surface area contributed by atoms with Gasteiger partial charge in [-0.1, -0.05) is 28.1 Å². The minimum atomic E-state index is -2.92. The van der Waals surface area contributed by atoms with Crippen molar-refractivity contribution in [2.24, 2.45) is 0 Å². The molecule has 1 aliphatic heterocycles. The maximum absolute atomic E-state index is 13.0. The second-order valence-corrected chi connectivity index (χ2v) is 10.9. The zero-order valence-corrected chi connectivity index (χ0v) is 27.3. The van der Waals surface area contributed by atoms with Crippen molar-refractivity contribution in [2.75, 3.05) is 13.7 Å². The molecule has 1 saturated heterocycles. The van der Waals surface area contributed by atoms with Crippen molar-refractivity contribution in [3.63, 3.8) is 0 Å². The molecule has 0 aliphatic carbocycles. The fourth-order valence-corrected chi connectivity index (χ4v) is 5.18. The highest BCUT2D eigenvalue weighted by molar-refractivity contribution is 9.09.